The van der Waals surface area contributed by atoms with E-state index < -0.39 is 139 Å². The van der Waals surface area contributed by atoms with Crippen molar-refractivity contribution in [1.82, 2.24) is 13.7 Å². The maximum atomic E-state index is 9.21. The van der Waals surface area contributed by atoms with Crippen molar-refractivity contribution in [2.75, 3.05) is 0 Å². The normalized spacial score (nSPS) is 19.3. The van der Waals surface area contributed by atoms with Gasteiger partial charge in [0.2, 0.25) is 0 Å². The molecule has 46 heavy (non-hydrogen) atoms. The Hall–Kier alpha value is -6.06. The Bertz CT molecular complexity index is 3690. The van der Waals surface area contributed by atoms with E-state index in [4.69, 9.17) is 30.2 Å². The lowest BCUT2D eigenvalue weighted by atomic mass is 10.1. The molecule has 0 bridgehead atoms. The molecule has 0 amide bonds. The highest BCUT2D eigenvalue weighted by molar-refractivity contribution is 6.14. The molecule has 3 aromatic heterocycles. The molecule has 3 heterocycles. The molecular weight excluding hydrogens is 558 g/mol. The highest BCUT2D eigenvalue weighted by Gasteiger charge is 2.18. The van der Waals surface area contributed by atoms with Gasteiger partial charge in [-0.25, -0.2) is 0 Å². The summed E-state index contributed by atoms with van der Waals surface area (Å²) in [5, 5.41) is -0.491. The Morgan fingerprint density at radius 3 is 1.24 bits per heavy atom. The van der Waals surface area contributed by atoms with Crippen molar-refractivity contribution in [1.29, 1.82) is 0 Å². The van der Waals surface area contributed by atoms with Gasteiger partial charge >= 0.3 is 0 Å². The van der Waals surface area contributed by atoms with Crippen LogP contribution >= 0.6 is 0 Å². The zero-order chi connectivity index (χ0) is 50.3. The molecule has 0 radical (unpaired) electrons. The Morgan fingerprint density at radius 1 is 0.391 bits per heavy atom. The van der Waals surface area contributed by atoms with Gasteiger partial charge in [-0.15, -0.1) is 0 Å². The first-order valence-electron chi connectivity index (χ1n) is 25.5. The van der Waals surface area contributed by atoms with Crippen LogP contribution in [0.25, 0.3) is 82.5 Å². The van der Waals surface area contributed by atoms with Crippen LogP contribution in [-0.2, 0) is 0 Å². The maximum Gasteiger partial charge on any atom is 0.0648 e. The zero-order valence-electron chi connectivity index (χ0n) is 46.3. The van der Waals surface area contributed by atoms with Gasteiger partial charge in [-0.1, -0.05) is 84.6 Å². The number of benzene rings is 7. The van der Waals surface area contributed by atoms with E-state index in [0.717, 1.165) is 0 Å². The second-order valence-electron chi connectivity index (χ2n) is 10.5. The molecule has 0 aliphatic rings. The summed E-state index contributed by atoms with van der Waals surface area (Å²) in [7, 11) is 0. The van der Waals surface area contributed by atoms with Gasteiger partial charge in [0, 0.05) is 53.5 Å². The van der Waals surface area contributed by atoms with Crippen LogP contribution in [-0.4, -0.2) is 13.7 Å². The molecule has 0 saturated carbocycles. The molecule has 216 valence electrons. The molecule has 7 aromatic carbocycles. The third-order valence-corrected chi connectivity index (χ3v) is 8.15. The number of rotatable bonds is 3. The Kier molecular flexibility index (Phi) is 2.41. The smallest absolute Gasteiger partial charge is 0.0648 e. The molecule has 0 fully saturated rings. The average Bonchev–Trinajstić information content (AvgIpc) is 3.97. The van der Waals surface area contributed by atoms with Gasteiger partial charge in [-0.05, 0) is 85.1 Å². The van der Waals surface area contributed by atoms with E-state index >= 15 is 0 Å². The van der Waals surface area contributed by atoms with Crippen molar-refractivity contribution >= 4 is 65.4 Å². The molecule has 3 heteroatoms. The molecule has 0 unspecified atom stereocenters. The minimum Gasteiger partial charge on any atom is -0.309 e. The Balaban J connectivity index is 1.43. The third-order valence-electron chi connectivity index (χ3n) is 8.15. The SMILES string of the molecule is [2H]c1c([2H])c(-n2c3ccc(-n4c5c([2H])c([2H])c([2H])c([2H])c5c5c([2H])c([2H])c([2H])c([2H])c54)cc3c3cc(-n4c5c([2H])c([2H])c([2H])c([2H])c5c5c([2H])c([2H])c([2H])c([2H])c54)ccc32)c([2H])c(C([2H])([2H])[2H])c1[2H]. The molecule has 10 aromatic rings. The summed E-state index contributed by atoms with van der Waals surface area (Å²) in [6, 6.07) is -4.44. The molecule has 0 N–H and O–H groups in total. The van der Waals surface area contributed by atoms with Crippen LogP contribution in [0, 0.1) is 6.85 Å². The van der Waals surface area contributed by atoms with E-state index in [0.29, 0.717) is 0 Å². The standard InChI is InChI=1S/C43H29N3/c1-28-11-10-12-29(25-28)44-42-23-21-30(45-38-17-6-2-13-32(38)33-14-3-7-18-39(33)45)26-36(42)37-27-31(22-24-43(37)44)46-40-19-8-4-15-34(40)35-16-5-9-20-41(35)46/h2-27H,1H3/i1D3,2D,3D,4D,5D,6D,7D,8D,9D,10D,11D,12D,13D,14D,15D,16D,17D,18D,19D,20D,25D. The number of para-hydroxylation sites is 4. The zero-order valence-corrected chi connectivity index (χ0v) is 23.3. The largest absolute Gasteiger partial charge is 0.309 e. The fourth-order valence-electron chi connectivity index (χ4n) is 6.32. The summed E-state index contributed by atoms with van der Waals surface area (Å²) < 4.78 is 204. The predicted molar refractivity (Wildman–Crippen MR) is 194 cm³/mol. The van der Waals surface area contributed by atoms with Crippen molar-refractivity contribution in [2.24, 2.45) is 0 Å². The highest BCUT2D eigenvalue weighted by Crippen LogP contribution is 2.39. The van der Waals surface area contributed by atoms with Crippen LogP contribution in [0.5, 0.6) is 0 Å². The lowest BCUT2D eigenvalue weighted by Crippen LogP contribution is -1.96. The number of hydrogen-bond acceptors (Lipinski definition) is 0. The van der Waals surface area contributed by atoms with Gasteiger partial charge in [0.1, 0.15) is 0 Å². The van der Waals surface area contributed by atoms with Crippen LogP contribution in [0.2, 0.25) is 0 Å². The van der Waals surface area contributed by atoms with E-state index in [1.165, 1.54) is 50.1 Å². The minimum atomic E-state index is -3.10. The van der Waals surface area contributed by atoms with E-state index in [2.05, 4.69) is 0 Å². The van der Waals surface area contributed by atoms with Gasteiger partial charge in [0.05, 0.1) is 60.5 Å². The first kappa shape index (κ1) is 11.7. The van der Waals surface area contributed by atoms with Crippen molar-refractivity contribution in [3.8, 4) is 17.1 Å². The number of fused-ring (bicyclic) bond motifs is 9. The number of aromatic nitrogens is 3. The van der Waals surface area contributed by atoms with Gasteiger partial charge < -0.3 is 13.7 Å². The lowest BCUT2D eigenvalue weighted by Gasteiger charge is -2.11. The third kappa shape index (κ3) is 3.48. The molecule has 3 nitrogen and oxygen atoms in total. The molecule has 0 aliphatic carbocycles. The number of hydrogen-bond donors (Lipinski definition) is 0. The van der Waals surface area contributed by atoms with Crippen molar-refractivity contribution in [3.05, 3.63) is 163 Å². The van der Waals surface area contributed by atoms with E-state index in [9.17, 15) is 1.37 Å². The predicted octanol–water partition coefficient (Wildman–Crippen LogP) is 11.3. The second-order valence-corrected chi connectivity index (χ2v) is 10.5. The Morgan fingerprint density at radius 2 is 0.804 bits per heavy atom. The summed E-state index contributed by atoms with van der Waals surface area (Å²) in [4.78, 5) is 0. The maximum absolute atomic E-state index is 9.21. The molecule has 0 saturated heterocycles. The van der Waals surface area contributed by atoms with Gasteiger partial charge in [-0.2, -0.15) is 0 Å². The van der Waals surface area contributed by atoms with E-state index in [1.807, 2.05) is 0 Å². The minimum absolute atomic E-state index is 0.0603. The Labute approximate surface area is 298 Å². The van der Waals surface area contributed by atoms with Gasteiger partial charge in [0.25, 0.3) is 0 Å². The fraction of sp³-hybridized carbons (Fsp3) is 0.0233. The van der Waals surface area contributed by atoms with Gasteiger partial charge in [-0.3, -0.25) is 0 Å². The van der Waals surface area contributed by atoms with Crippen molar-refractivity contribution in [3.63, 3.8) is 0 Å². The molecule has 0 atom stereocenters. The molecular formula is C43H29N3. The second kappa shape index (κ2) is 9.47. The quantitative estimate of drug-likeness (QED) is 0.189. The summed E-state index contributed by atoms with van der Waals surface area (Å²) in [5.41, 5.74) is -1.73. The van der Waals surface area contributed by atoms with Crippen molar-refractivity contribution < 1.29 is 31.5 Å². The average molecular weight is 611 g/mol. The van der Waals surface area contributed by atoms with Crippen molar-refractivity contribution in [2.45, 2.75) is 6.85 Å². The summed E-state index contributed by atoms with van der Waals surface area (Å²) in [5.74, 6) is 0. The van der Waals surface area contributed by atoms with Crippen LogP contribution in [0.3, 0.4) is 0 Å². The first-order valence-corrected chi connectivity index (χ1v) is 14.0. The fourth-order valence-corrected chi connectivity index (χ4v) is 6.32. The van der Waals surface area contributed by atoms with Crippen LogP contribution in [0.1, 0.15) is 37.1 Å². The van der Waals surface area contributed by atoms with E-state index in [-0.39, 0.29) is 76.8 Å². The summed E-state index contributed by atoms with van der Waals surface area (Å²) in [6.07, 6.45) is 0. The monoisotopic (exact) mass is 610 g/mol. The first-order chi connectivity index (χ1) is 32.3. The molecule has 10 rings (SSSR count). The van der Waals surface area contributed by atoms with Gasteiger partial charge in [0.15, 0.2) is 0 Å². The molecule has 0 spiro atoms. The highest BCUT2D eigenvalue weighted by atomic mass is 15.0. The van der Waals surface area contributed by atoms with Crippen LogP contribution in [0.15, 0.2) is 157 Å². The van der Waals surface area contributed by atoms with E-state index in [1.54, 1.807) is 0 Å². The molecule has 0 aliphatic heterocycles. The summed E-state index contributed by atoms with van der Waals surface area (Å²) >= 11 is 0. The van der Waals surface area contributed by atoms with Crippen LogP contribution < -0.4 is 0 Å². The van der Waals surface area contributed by atoms with Crippen LogP contribution in [0.4, 0.5) is 0 Å². The summed E-state index contributed by atoms with van der Waals surface area (Å²) in [6.45, 7) is -3.10. The number of nitrogens with zero attached hydrogens (tertiary/aromatic N) is 3. The lowest BCUT2D eigenvalue weighted by molar-refractivity contribution is 1.15. The topological polar surface area (TPSA) is 14.8 Å².